The molecule has 0 fully saturated rings. The summed E-state index contributed by atoms with van der Waals surface area (Å²) in [5.41, 5.74) is 32.6. The van der Waals surface area contributed by atoms with Gasteiger partial charge in [-0.2, -0.15) is 12.6 Å². The number of hydrogen-bond acceptors (Lipinski definition) is 12. The topological polar surface area (TPSA) is 384 Å². The minimum absolute atomic E-state index is 0.0163. The molecule has 5 amide bonds. The van der Waals surface area contributed by atoms with Crippen LogP contribution >= 0.6 is 12.6 Å². The average molecular weight is 706 g/mol. The number of carboxylic acid groups (broad SMARTS) is 1. The number of rotatable bonds is 25. The zero-order valence-corrected chi connectivity index (χ0v) is 27.6. The molecule has 0 heterocycles. The maximum absolute atomic E-state index is 13.4. The van der Waals surface area contributed by atoms with E-state index in [9.17, 15) is 33.9 Å². The first-order valence-corrected chi connectivity index (χ1v) is 15.8. The van der Waals surface area contributed by atoms with Crippen molar-refractivity contribution in [3.05, 3.63) is 0 Å². The Morgan fingerprint density at radius 3 is 1.48 bits per heavy atom. The first kappa shape index (κ1) is 43.6. The number of aliphatic hydroxyl groups is 1. The summed E-state index contributed by atoms with van der Waals surface area (Å²) in [6.45, 7) is -1.06. The van der Waals surface area contributed by atoms with E-state index < -0.39 is 78.9 Å². The van der Waals surface area contributed by atoms with E-state index in [4.69, 9.17) is 39.5 Å². The van der Waals surface area contributed by atoms with Crippen LogP contribution in [0.15, 0.2) is 9.98 Å². The van der Waals surface area contributed by atoms with Gasteiger partial charge in [-0.1, -0.05) is 0 Å². The number of thiol groups is 1. The molecule has 0 aliphatic carbocycles. The third-order valence-corrected chi connectivity index (χ3v) is 6.89. The third-order valence-electron chi connectivity index (χ3n) is 6.50. The maximum atomic E-state index is 13.4. The number of hydrogen-bond donors (Lipinski definition) is 14. The molecule has 48 heavy (non-hydrogen) atoms. The predicted octanol–water partition coefficient (Wildman–Crippen LogP) is -6.39. The number of carbonyl (C=O) groups is 6. The fraction of sp³-hybridized carbons (Fsp3) is 0.692. The van der Waals surface area contributed by atoms with Crippen molar-refractivity contribution in [1.29, 1.82) is 0 Å². The van der Waals surface area contributed by atoms with Gasteiger partial charge in [0.05, 0.1) is 12.6 Å². The van der Waals surface area contributed by atoms with Crippen LogP contribution in [0.2, 0.25) is 0 Å². The van der Waals surface area contributed by atoms with E-state index in [0.29, 0.717) is 19.4 Å². The van der Waals surface area contributed by atoms with Crippen molar-refractivity contribution in [2.45, 2.75) is 75.2 Å². The number of carboxylic acids is 1. The molecule has 5 atom stereocenters. The van der Waals surface area contributed by atoms with E-state index in [1.807, 2.05) is 0 Å². The summed E-state index contributed by atoms with van der Waals surface area (Å²) in [7, 11) is 0. The molecule has 22 heteroatoms. The number of aliphatic imine (C=N–C) groups is 2. The van der Waals surface area contributed by atoms with Crippen LogP contribution in [0.1, 0.15) is 44.9 Å². The summed E-state index contributed by atoms with van der Waals surface area (Å²) >= 11 is 3.97. The van der Waals surface area contributed by atoms with Crippen LogP contribution in [-0.2, 0) is 28.8 Å². The van der Waals surface area contributed by atoms with E-state index in [-0.39, 0.29) is 62.9 Å². The highest BCUT2D eigenvalue weighted by atomic mass is 32.1. The smallest absolute Gasteiger partial charge is 0.322 e. The van der Waals surface area contributed by atoms with Crippen molar-refractivity contribution in [3.63, 3.8) is 0 Å². The molecule has 0 saturated carbocycles. The first-order valence-electron chi connectivity index (χ1n) is 15.2. The Hall–Kier alpha value is -4.41. The number of nitrogens with zero attached hydrogens (tertiary/aromatic N) is 2. The molecule has 0 unspecified atom stereocenters. The third kappa shape index (κ3) is 19.3. The molecule has 0 aliphatic heterocycles. The van der Waals surface area contributed by atoms with Crippen molar-refractivity contribution in [3.8, 4) is 0 Å². The Kier molecular flexibility index (Phi) is 22.4. The number of unbranched alkanes of at least 4 members (excludes halogenated alkanes) is 1. The Morgan fingerprint density at radius 1 is 0.646 bits per heavy atom. The second-order valence-electron chi connectivity index (χ2n) is 10.5. The largest absolute Gasteiger partial charge is 0.480 e. The molecule has 21 nitrogen and oxygen atoms in total. The number of aliphatic hydroxyl groups excluding tert-OH is 1. The van der Waals surface area contributed by atoms with Crippen molar-refractivity contribution >= 4 is 60.1 Å². The Labute approximate surface area is 283 Å². The van der Waals surface area contributed by atoms with E-state index in [1.165, 1.54) is 0 Å². The molecule has 0 aromatic rings. The summed E-state index contributed by atoms with van der Waals surface area (Å²) in [4.78, 5) is 83.5. The van der Waals surface area contributed by atoms with E-state index in [2.05, 4.69) is 49.2 Å². The molecule has 19 N–H and O–H groups in total. The average Bonchev–Trinajstić information content (AvgIpc) is 3.03. The van der Waals surface area contributed by atoms with Gasteiger partial charge in [-0.15, -0.1) is 0 Å². The number of nitrogens with two attached hydrogens (primary N) is 6. The van der Waals surface area contributed by atoms with Gasteiger partial charge < -0.3 is 71.2 Å². The fourth-order valence-electron chi connectivity index (χ4n) is 3.97. The molecule has 0 bridgehead atoms. The minimum Gasteiger partial charge on any atom is -0.480 e. The van der Waals surface area contributed by atoms with Gasteiger partial charge >= 0.3 is 5.97 Å². The van der Waals surface area contributed by atoms with Gasteiger partial charge in [0.25, 0.3) is 0 Å². The van der Waals surface area contributed by atoms with Crippen LogP contribution in [0.25, 0.3) is 0 Å². The van der Waals surface area contributed by atoms with Crippen LogP contribution in [0.3, 0.4) is 0 Å². The van der Waals surface area contributed by atoms with Crippen molar-refractivity contribution in [1.82, 2.24) is 26.6 Å². The minimum atomic E-state index is -1.58. The van der Waals surface area contributed by atoms with Crippen LogP contribution in [-0.4, -0.2) is 126 Å². The number of guanidine groups is 2. The second-order valence-corrected chi connectivity index (χ2v) is 10.9. The second kappa shape index (κ2) is 24.7. The Balaban J connectivity index is 5.95. The zero-order chi connectivity index (χ0) is 36.6. The molecule has 0 radical (unpaired) electrons. The molecule has 0 spiro atoms. The molecular formula is C26H51N13O8S. The van der Waals surface area contributed by atoms with Gasteiger partial charge in [-0.25, -0.2) is 0 Å². The van der Waals surface area contributed by atoms with Gasteiger partial charge in [0, 0.05) is 18.8 Å². The summed E-state index contributed by atoms with van der Waals surface area (Å²) < 4.78 is 0. The lowest BCUT2D eigenvalue weighted by atomic mass is 10.1. The van der Waals surface area contributed by atoms with Crippen molar-refractivity contribution in [2.75, 3.05) is 38.5 Å². The van der Waals surface area contributed by atoms with E-state index in [1.54, 1.807) is 0 Å². The van der Waals surface area contributed by atoms with Crippen LogP contribution in [0, 0.1) is 0 Å². The number of amides is 5. The summed E-state index contributed by atoms with van der Waals surface area (Å²) in [5.74, 6) is -5.78. The monoisotopic (exact) mass is 705 g/mol. The van der Waals surface area contributed by atoms with Crippen LogP contribution in [0.4, 0.5) is 0 Å². The van der Waals surface area contributed by atoms with Gasteiger partial charge in [-0.05, 0) is 51.5 Å². The van der Waals surface area contributed by atoms with Crippen LogP contribution in [0.5, 0.6) is 0 Å². The normalized spacial score (nSPS) is 13.8. The Morgan fingerprint density at radius 2 is 1.06 bits per heavy atom. The molecule has 0 aromatic carbocycles. The lowest BCUT2D eigenvalue weighted by molar-refractivity contribution is -0.138. The number of aliphatic carboxylic acids is 1. The lowest BCUT2D eigenvalue weighted by Crippen LogP contribution is -2.59. The van der Waals surface area contributed by atoms with Crippen molar-refractivity contribution < 1.29 is 39.0 Å². The molecule has 274 valence electrons. The van der Waals surface area contributed by atoms with Crippen LogP contribution < -0.4 is 61.0 Å². The number of nitrogens with one attached hydrogen (secondary N) is 5. The molecule has 0 rings (SSSR count). The highest BCUT2D eigenvalue weighted by molar-refractivity contribution is 7.80. The number of carbonyl (C=O) groups excluding carboxylic acids is 5. The molecule has 0 saturated heterocycles. The highest BCUT2D eigenvalue weighted by Gasteiger charge is 2.31. The van der Waals surface area contributed by atoms with E-state index in [0.717, 1.165) is 0 Å². The van der Waals surface area contributed by atoms with Gasteiger partial charge in [-0.3, -0.25) is 38.8 Å². The zero-order valence-electron chi connectivity index (χ0n) is 26.7. The van der Waals surface area contributed by atoms with Gasteiger partial charge in [0.15, 0.2) is 11.9 Å². The fourth-order valence-corrected chi connectivity index (χ4v) is 4.13. The summed E-state index contributed by atoms with van der Waals surface area (Å²) in [6, 6.07) is -6.31. The standard InChI is InChI=1S/C26H51N13O8S/c27-8-2-1-5-15(21(44)35-11-19(41)42)37-22(45)17(7-4-10-34-26(31)32)38-24(47)18(12-40)39-23(46)16(6-3-9-33-25(29)30)36-20(43)14(28)13-48/h14-18,40,48H,1-13,27-28H2,(H,35,44)(H,36,43)(H,37,45)(H,38,47)(H,39,46)(H,41,42)(H4,29,30,33)(H4,31,32,34)/t14-,15-,16-,17-,18-/m0/s1. The Bertz CT molecular complexity index is 1120. The van der Waals surface area contributed by atoms with Gasteiger partial charge in [0.2, 0.25) is 29.5 Å². The van der Waals surface area contributed by atoms with Gasteiger partial charge in [0.1, 0.15) is 30.7 Å². The molecular weight excluding hydrogens is 654 g/mol. The summed E-state index contributed by atoms with van der Waals surface area (Å²) in [6.07, 6.45) is 1.47. The molecule has 0 aromatic heterocycles. The maximum Gasteiger partial charge on any atom is 0.322 e. The lowest BCUT2D eigenvalue weighted by Gasteiger charge is -2.26. The SMILES string of the molecule is NCCCC[C@H](NC(=O)[C@H](CCCN=C(N)N)NC(=O)[C@H](CO)NC(=O)[C@H](CCCN=C(N)N)NC(=O)[C@@H](N)CS)C(=O)NCC(=O)O. The quantitative estimate of drug-likeness (QED) is 0.0182. The summed E-state index contributed by atoms with van der Waals surface area (Å²) in [5, 5.41) is 30.9. The highest BCUT2D eigenvalue weighted by Crippen LogP contribution is 2.06. The molecule has 0 aliphatic rings. The first-order chi connectivity index (χ1) is 22.7. The predicted molar refractivity (Wildman–Crippen MR) is 180 cm³/mol. The van der Waals surface area contributed by atoms with Crippen molar-refractivity contribution in [2.24, 2.45) is 44.4 Å². The van der Waals surface area contributed by atoms with E-state index >= 15 is 0 Å².